The Morgan fingerprint density at radius 3 is 2.00 bits per heavy atom. The normalized spacial score (nSPS) is 15.0. The zero-order chi connectivity index (χ0) is 12.1. The van der Waals surface area contributed by atoms with E-state index in [1.165, 1.54) is 6.42 Å². The highest BCUT2D eigenvalue weighted by Crippen LogP contribution is 2.17. The predicted molar refractivity (Wildman–Crippen MR) is 68.1 cm³/mol. The Morgan fingerprint density at radius 1 is 1.07 bits per heavy atom. The lowest BCUT2D eigenvalue weighted by Crippen LogP contribution is -2.44. The summed E-state index contributed by atoms with van der Waals surface area (Å²) in [6.07, 6.45) is 1.21. The maximum Gasteiger partial charge on any atom is 0.0217 e. The van der Waals surface area contributed by atoms with Gasteiger partial charge in [0.1, 0.15) is 0 Å². The van der Waals surface area contributed by atoms with Crippen molar-refractivity contribution in [2.24, 2.45) is 11.1 Å². The second-order valence-corrected chi connectivity index (χ2v) is 5.89. The van der Waals surface area contributed by atoms with Crippen LogP contribution in [0.15, 0.2) is 0 Å². The molecule has 92 valence electrons. The molecule has 0 bridgehead atoms. The Labute approximate surface area is 95.6 Å². The van der Waals surface area contributed by atoms with Crippen molar-refractivity contribution < 1.29 is 0 Å². The van der Waals surface area contributed by atoms with E-state index in [-0.39, 0.29) is 11.5 Å². The Kier molecular flexibility index (Phi) is 6.41. The fourth-order valence-corrected chi connectivity index (χ4v) is 1.36. The minimum atomic E-state index is 0.204. The van der Waals surface area contributed by atoms with Crippen LogP contribution in [0.3, 0.4) is 0 Å². The minimum absolute atomic E-state index is 0.204. The molecule has 0 heterocycles. The van der Waals surface area contributed by atoms with Gasteiger partial charge in [0.2, 0.25) is 0 Å². The highest BCUT2D eigenvalue weighted by molar-refractivity contribution is 4.79. The highest BCUT2D eigenvalue weighted by Gasteiger charge is 2.21. The van der Waals surface area contributed by atoms with E-state index in [0.717, 1.165) is 19.6 Å². The Hall–Kier alpha value is -0.120. The number of hydrogen-bond donors (Lipinski definition) is 1. The quantitative estimate of drug-likeness (QED) is 0.723. The standard InChI is InChI=1S/C12H29N3/c1-12(2,3)11(13)10-15(6)9-7-8-14(4)5/h11H,7-10,13H2,1-6H3. The smallest absolute Gasteiger partial charge is 0.0217 e. The average Bonchev–Trinajstić information content (AvgIpc) is 2.01. The van der Waals surface area contributed by atoms with Crippen molar-refractivity contribution in [3.05, 3.63) is 0 Å². The molecule has 0 aromatic carbocycles. The average molecular weight is 215 g/mol. The molecule has 15 heavy (non-hydrogen) atoms. The van der Waals surface area contributed by atoms with Crippen LogP contribution in [-0.2, 0) is 0 Å². The zero-order valence-electron chi connectivity index (χ0n) is 11.4. The second kappa shape index (κ2) is 6.46. The van der Waals surface area contributed by atoms with Crippen LogP contribution in [0.4, 0.5) is 0 Å². The van der Waals surface area contributed by atoms with Gasteiger partial charge in [-0.15, -0.1) is 0 Å². The van der Waals surface area contributed by atoms with Crippen LogP contribution in [0.2, 0.25) is 0 Å². The molecule has 0 spiro atoms. The molecule has 0 saturated carbocycles. The lowest BCUT2D eigenvalue weighted by atomic mass is 9.87. The zero-order valence-corrected chi connectivity index (χ0v) is 11.4. The summed E-state index contributed by atoms with van der Waals surface area (Å²) < 4.78 is 0. The van der Waals surface area contributed by atoms with Gasteiger partial charge in [-0.25, -0.2) is 0 Å². The molecule has 3 heteroatoms. The highest BCUT2D eigenvalue weighted by atomic mass is 15.1. The molecule has 0 saturated heterocycles. The molecule has 0 fully saturated rings. The van der Waals surface area contributed by atoms with E-state index < -0.39 is 0 Å². The van der Waals surface area contributed by atoms with Crippen LogP contribution < -0.4 is 5.73 Å². The molecular formula is C12H29N3. The summed E-state index contributed by atoms with van der Waals surface area (Å²) in [5, 5.41) is 0. The van der Waals surface area contributed by atoms with Crippen LogP contribution in [0.5, 0.6) is 0 Å². The molecule has 0 amide bonds. The fraction of sp³-hybridized carbons (Fsp3) is 1.00. The number of likely N-dealkylation sites (N-methyl/N-ethyl adjacent to an activating group) is 1. The lowest BCUT2D eigenvalue weighted by Gasteiger charge is -2.31. The van der Waals surface area contributed by atoms with Crippen LogP contribution in [-0.4, -0.2) is 56.6 Å². The van der Waals surface area contributed by atoms with Crippen LogP contribution >= 0.6 is 0 Å². The van der Waals surface area contributed by atoms with Gasteiger partial charge in [-0.1, -0.05) is 20.8 Å². The lowest BCUT2D eigenvalue weighted by molar-refractivity contribution is 0.220. The topological polar surface area (TPSA) is 32.5 Å². The summed E-state index contributed by atoms with van der Waals surface area (Å²) in [6.45, 7) is 9.86. The molecule has 0 radical (unpaired) electrons. The summed E-state index contributed by atoms with van der Waals surface area (Å²) in [4.78, 5) is 4.55. The van der Waals surface area contributed by atoms with E-state index in [2.05, 4.69) is 51.7 Å². The minimum Gasteiger partial charge on any atom is -0.326 e. The molecule has 1 unspecified atom stereocenters. The third-order valence-corrected chi connectivity index (χ3v) is 2.77. The third-order valence-electron chi connectivity index (χ3n) is 2.77. The molecule has 0 aliphatic heterocycles. The first-order chi connectivity index (χ1) is 6.73. The molecule has 0 rings (SSSR count). The SMILES string of the molecule is CN(C)CCCN(C)CC(N)C(C)(C)C. The van der Waals surface area contributed by atoms with Gasteiger partial charge in [0, 0.05) is 12.6 Å². The van der Waals surface area contributed by atoms with Crippen LogP contribution in [0.25, 0.3) is 0 Å². The maximum absolute atomic E-state index is 6.13. The first-order valence-corrected chi connectivity index (χ1v) is 5.82. The first kappa shape index (κ1) is 14.9. The van der Waals surface area contributed by atoms with Crippen molar-refractivity contribution in [2.75, 3.05) is 40.8 Å². The van der Waals surface area contributed by atoms with Gasteiger partial charge in [-0.2, -0.15) is 0 Å². The van der Waals surface area contributed by atoms with E-state index in [1.54, 1.807) is 0 Å². The summed E-state index contributed by atoms with van der Waals surface area (Å²) in [6, 6.07) is 0.252. The number of nitrogens with two attached hydrogens (primary N) is 1. The molecular weight excluding hydrogens is 186 g/mol. The van der Waals surface area contributed by atoms with E-state index in [0.29, 0.717) is 0 Å². The maximum atomic E-state index is 6.13. The summed E-state index contributed by atoms with van der Waals surface area (Å²) >= 11 is 0. The largest absolute Gasteiger partial charge is 0.326 e. The fourth-order valence-electron chi connectivity index (χ4n) is 1.36. The molecule has 0 aromatic heterocycles. The van der Waals surface area contributed by atoms with Gasteiger partial charge < -0.3 is 15.5 Å². The molecule has 1 atom stereocenters. The molecule has 3 nitrogen and oxygen atoms in total. The number of hydrogen-bond acceptors (Lipinski definition) is 3. The molecule has 0 aromatic rings. The van der Waals surface area contributed by atoms with E-state index in [4.69, 9.17) is 5.73 Å². The molecule has 2 N–H and O–H groups in total. The van der Waals surface area contributed by atoms with Crippen LogP contribution in [0.1, 0.15) is 27.2 Å². The third kappa shape index (κ3) is 7.77. The van der Waals surface area contributed by atoms with Crippen molar-refractivity contribution in [3.8, 4) is 0 Å². The summed E-state index contributed by atoms with van der Waals surface area (Å²) in [5.41, 5.74) is 6.34. The van der Waals surface area contributed by atoms with E-state index >= 15 is 0 Å². The molecule has 0 aliphatic rings. The van der Waals surface area contributed by atoms with E-state index in [9.17, 15) is 0 Å². The first-order valence-electron chi connectivity index (χ1n) is 5.82. The second-order valence-electron chi connectivity index (χ2n) is 5.89. The number of rotatable bonds is 6. The summed E-state index contributed by atoms with van der Waals surface area (Å²) in [5.74, 6) is 0. The van der Waals surface area contributed by atoms with Crippen molar-refractivity contribution in [3.63, 3.8) is 0 Å². The van der Waals surface area contributed by atoms with Crippen molar-refractivity contribution in [1.82, 2.24) is 9.80 Å². The number of nitrogens with zero attached hydrogens (tertiary/aromatic N) is 2. The van der Waals surface area contributed by atoms with Gasteiger partial charge >= 0.3 is 0 Å². The predicted octanol–water partition coefficient (Wildman–Crippen LogP) is 1.24. The van der Waals surface area contributed by atoms with Crippen LogP contribution in [0, 0.1) is 5.41 Å². The van der Waals surface area contributed by atoms with Crippen molar-refractivity contribution in [1.29, 1.82) is 0 Å². The molecule has 0 aliphatic carbocycles. The van der Waals surface area contributed by atoms with Gasteiger partial charge in [0.15, 0.2) is 0 Å². The van der Waals surface area contributed by atoms with Gasteiger partial charge in [0.25, 0.3) is 0 Å². The Morgan fingerprint density at radius 2 is 1.60 bits per heavy atom. The van der Waals surface area contributed by atoms with Gasteiger partial charge in [-0.3, -0.25) is 0 Å². The summed E-state index contributed by atoms with van der Waals surface area (Å²) in [7, 11) is 6.38. The Balaban J connectivity index is 3.69. The van der Waals surface area contributed by atoms with Gasteiger partial charge in [-0.05, 0) is 46.1 Å². The Bertz CT molecular complexity index is 161. The van der Waals surface area contributed by atoms with E-state index in [1.807, 2.05) is 0 Å². The van der Waals surface area contributed by atoms with Crippen molar-refractivity contribution >= 4 is 0 Å². The van der Waals surface area contributed by atoms with Gasteiger partial charge in [0.05, 0.1) is 0 Å². The monoisotopic (exact) mass is 215 g/mol. The van der Waals surface area contributed by atoms with Crippen molar-refractivity contribution in [2.45, 2.75) is 33.2 Å².